The number of aliphatic hydroxyl groups excluding tert-OH is 1. The predicted octanol–water partition coefficient (Wildman–Crippen LogP) is 3.25. The Hall–Kier alpha value is -2.37. The van der Waals surface area contributed by atoms with Crippen LogP contribution in [-0.2, 0) is 9.53 Å². The molecule has 0 bridgehead atoms. The highest BCUT2D eigenvalue weighted by Crippen LogP contribution is 2.30. The van der Waals surface area contributed by atoms with Crippen molar-refractivity contribution in [3.8, 4) is 11.3 Å². The Morgan fingerprint density at radius 1 is 1.30 bits per heavy atom. The molecule has 2 heterocycles. The third-order valence-electron chi connectivity index (χ3n) is 3.44. The quantitative estimate of drug-likeness (QED) is 0.746. The van der Waals surface area contributed by atoms with Gasteiger partial charge in [-0.15, -0.1) is 0 Å². The molecule has 5 nitrogen and oxygen atoms in total. The van der Waals surface area contributed by atoms with Crippen molar-refractivity contribution in [2.75, 3.05) is 6.61 Å². The van der Waals surface area contributed by atoms with Gasteiger partial charge in [0.05, 0.1) is 23.0 Å². The van der Waals surface area contributed by atoms with Crippen LogP contribution in [-0.4, -0.2) is 27.1 Å². The predicted molar refractivity (Wildman–Crippen MR) is 87.2 cm³/mol. The molecule has 3 rings (SSSR count). The normalized spacial score (nSPS) is 12.3. The topological polar surface area (TPSA) is 63.8 Å². The summed E-state index contributed by atoms with van der Waals surface area (Å²) in [5.74, 6) is -0.716. The van der Waals surface area contributed by atoms with E-state index in [1.54, 1.807) is 29.7 Å². The van der Waals surface area contributed by atoms with E-state index in [0.29, 0.717) is 22.1 Å². The van der Waals surface area contributed by atoms with E-state index in [9.17, 15) is 9.90 Å². The van der Waals surface area contributed by atoms with Crippen LogP contribution in [0, 0.1) is 0 Å². The molecular formula is C17H15ClN2O3. The number of carbonyl (C=O) groups excluding carboxylic acids is 1. The van der Waals surface area contributed by atoms with Crippen LogP contribution in [0.2, 0.25) is 5.02 Å². The summed E-state index contributed by atoms with van der Waals surface area (Å²) < 4.78 is 6.55. The van der Waals surface area contributed by atoms with E-state index in [1.165, 1.54) is 0 Å². The number of benzene rings is 1. The highest BCUT2D eigenvalue weighted by Gasteiger charge is 2.27. The van der Waals surface area contributed by atoms with Crippen LogP contribution in [0.4, 0.5) is 0 Å². The van der Waals surface area contributed by atoms with Gasteiger partial charge in [0.25, 0.3) is 0 Å². The lowest BCUT2D eigenvalue weighted by Gasteiger charge is -2.12. The molecule has 3 aromatic rings. The minimum Gasteiger partial charge on any atom is -0.464 e. The number of halogens is 1. The second-order valence-electron chi connectivity index (χ2n) is 4.94. The highest BCUT2D eigenvalue weighted by atomic mass is 35.5. The largest absolute Gasteiger partial charge is 0.464 e. The van der Waals surface area contributed by atoms with Gasteiger partial charge in [-0.1, -0.05) is 41.9 Å². The molecule has 1 aromatic carbocycles. The number of ether oxygens (including phenoxy) is 1. The molecule has 0 saturated heterocycles. The van der Waals surface area contributed by atoms with E-state index < -0.39 is 12.1 Å². The van der Waals surface area contributed by atoms with Crippen molar-refractivity contribution in [1.29, 1.82) is 0 Å². The number of pyridine rings is 1. The fourth-order valence-electron chi connectivity index (χ4n) is 2.44. The summed E-state index contributed by atoms with van der Waals surface area (Å²) in [6.07, 6.45) is 0.173. The Labute approximate surface area is 138 Å². The fraction of sp³-hybridized carbons (Fsp3) is 0.176. The summed E-state index contributed by atoms with van der Waals surface area (Å²) in [7, 11) is 0. The average molecular weight is 331 g/mol. The molecule has 1 atom stereocenters. The standard InChI is InChI=1S/C17H15ClN2O3/c1-2-23-17(22)16(21)15-14(11-6-4-3-5-7-11)19-13-9-8-12(18)10-20(13)15/h3-10,16,21H,2H2,1H3/t16-/m0/s1. The smallest absolute Gasteiger partial charge is 0.341 e. The lowest BCUT2D eigenvalue weighted by atomic mass is 10.1. The number of rotatable bonds is 4. The molecule has 0 unspecified atom stereocenters. The Balaban J connectivity index is 2.23. The average Bonchev–Trinajstić information content (AvgIpc) is 2.93. The zero-order valence-corrected chi connectivity index (χ0v) is 13.2. The minimum absolute atomic E-state index is 0.189. The van der Waals surface area contributed by atoms with Gasteiger partial charge in [-0.2, -0.15) is 0 Å². The Kier molecular flexibility index (Phi) is 4.32. The van der Waals surface area contributed by atoms with Gasteiger partial charge in [0.2, 0.25) is 0 Å². The van der Waals surface area contributed by atoms with Gasteiger partial charge in [-0.05, 0) is 19.1 Å². The summed E-state index contributed by atoms with van der Waals surface area (Å²) in [4.78, 5) is 16.5. The second kappa shape index (κ2) is 6.40. The van der Waals surface area contributed by atoms with E-state index >= 15 is 0 Å². The lowest BCUT2D eigenvalue weighted by molar-refractivity contribution is -0.153. The molecule has 0 aliphatic heterocycles. The monoisotopic (exact) mass is 330 g/mol. The zero-order valence-electron chi connectivity index (χ0n) is 12.4. The molecule has 6 heteroatoms. The van der Waals surface area contributed by atoms with Crippen molar-refractivity contribution in [3.05, 3.63) is 59.4 Å². The summed E-state index contributed by atoms with van der Waals surface area (Å²) in [6.45, 7) is 1.88. The third-order valence-corrected chi connectivity index (χ3v) is 3.66. The molecule has 0 amide bonds. The Morgan fingerprint density at radius 3 is 2.74 bits per heavy atom. The van der Waals surface area contributed by atoms with Crippen molar-refractivity contribution < 1.29 is 14.6 Å². The van der Waals surface area contributed by atoms with Crippen LogP contribution in [0.15, 0.2) is 48.7 Å². The highest BCUT2D eigenvalue weighted by molar-refractivity contribution is 6.30. The maximum Gasteiger partial charge on any atom is 0.341 e. The first kappa shape index (κ1) is 15.5. The lowest BCUT2D eigenvalue weighted by Crippen LogP contribution is -2.17. The summed E-state index contributed by atoms with van der Waals surface area (Å²) in [5.41, 5.74) is 2.25. The maximum atomic E-state index is 12.0. The summed E-state index contributed by atoms with van der Waals surface area (Å²) in [6, 6.07) is 12.8. The van der Waals surface area contributed by atoms with Crippen LogP contribution in [0.1, 0.15) is 18.7 Å². The maximum absolute atomic E-state index is 12.0. The number of hydrogen-bond donors (Lipinski definition) is 1. The molecule has 0 aliphatic carbocycles. The van der Waals surface area contributed by atoms with E-state index in [0.717, 1.165) is 5.56 Å². The number of nitrogens with zero attached hydrogens (tertiary/aromatic N) is 2. The molecule has 0 spiro atoms. The van der Waals surface area contributed by atoms with Gasteiger partial charge in [0.1, 0.15) is 5.65 Å². The fourth-order valence-corrected chi connectivity index (χ4v) is 2.60. The van der Waals surface area contributed by atoms with Gasteiger partial charge in [0, 0.05) is 11.8 Å². The van der Waals surface area contributed by atoms with E-state index in [4.69, 9.17) is 16.3 Å². The van der Waals surface area contributed by atoms with Gasteiger partial charge < -0.3 is 9.84 Å². The van der Waals surface area contributed by atoms with Crippen molar-refractivity contribution in [3.63, 3.8) is 0 Å². The first-order valence-electron chi connectivity index (χ1n) is 7.19. The van der Waals surface area contributed by atoms with Crippen molar-refractivity contribution in [2.24, 2.45) is 0 Å². The Morgan fingerprint density at radius 2 is 2.04 bits per heavy atom. The minimum atomic E-state index is -1.45. The number of carbonyl (C=O) groups is 1. The molecule has 118 valence electrons. The molecule has 2 aromatic heterocycles. The van der Waals surface area contributed by atoms with Crippen LogP contribution < -0.4 is 0 Å². The van der Waals surface area contributed by atoms with Crippen molar-refractivity contribution in [2.45, 2.75) is 13.0 Å². The van der Waals surface area contributed by atoms with Crippen LogP contribution in [0.5, 0.6) is 0 Å². The number of imidazole rings is 1. The van der Waals surface area contributed by atoms with Crippen molar-refractivity contribution in [1.82, 2.24) is 9.38 Å². The molecule has 1 N–H and O–H groups in total. The van der Waals surface area contributed by atoms with Crippen LogP contribution in [0.3, 0.4) is 0 Å². The van der Waals surface area contributed by atoms with Gasteiger partial charge in [-0.25, -0.2) is 9.78 Å². The van der Waals surface area contributed by atoms with Gasteiger partial charge >= 0.3 is 5.97 Å². The van der Waals surface area contributed by atoms with E-state index in [-0.39, 0.29) is 6.61 Å². The zero-order chi connectivity index (χ0) is 16.4. The number of aliphatic hydroxyl groups is 1. The molecule has 0 saturated carbocycles. The number of hydrogen-bond acceptors (Lipinski definition) is 4. The molecule has 0 aliphatic rings. The van der Waals surface area contributed by atoms with Crippen LogP contribution in [0.25, 0.3) is 16.9 Å². The first-order valence-corrected chi connectivity index (χ1v) is 7.57. The van der Waals surface area contributed by atoms with Crippen LogP contribution >= 0.6 is 11.6 Å². The number of fused-ring (bicyclic) bond motifs is 1. The van der Waals surface area contributed by atoms with E-state index in [1.807, 2.05) is 30.3 Å². The molecular weight excluding hydrogens is 316 g/mol. The van der Waals surface area contributed by atoms with Crippen molar-refractivity contribution >= 4 is 23.2 Å². The second-order valence-corrected chi connectivity index (χ2v) is 5.38. The van der Waals surface area contributed by atoms with E-state index in [2.05, 4.69) is 4.98 Å². The third kappa shape index (κ3) is 2.93. The van der Waals surface area contributed by atoms with Gasteiger partial charge in [-0.3, -0.25) is 4.40 Å². The van der Waals surface area contributed by atoms with Gasteiger partial charge in [0.15, 0.2) is 6.10 Å². The number of esters is 1. The number of aromatic nitrogens is 2. The first-order chi connectivity index (χ1) is 11.1. The Bertz CT molecular complexity index is 846. The molecule has 23 heavy (non-hydrogen) atoms. The summed E-state index contributed by atoms with van der Waals surface area (Å²) >= 11 is 6.04. The summed E-state index contributed by atoms with van der Waals surface area (Å²) in [5, 5.41) is 10.9. The SMILES string of the molecule is CCOC(=O)[C@@H](O)c1c(-c2ccccc2)nc2ccc(Cl)cn12. The molecule has 0 fully saturated rings. The molecule has 0 radical (unpaired) electrons.